The lowest BCUT2D eigenvalue weighted by molar-refractivity contribution is 0.00578. The molecule has 3 aromatic carbocycles. The fourth-order valence-electron chi connectivity index (χ4n) is 4.68. The number of nitrogens with zero attached hydrogens (tertiary/aromatic N) is 2. The third kappa shape index (κ3) is 3.27. The predicted molar refractivity (Wildman–Crippen MR) is 140 cm³/mol. The summed E-state index contributed by atoms with van der Waals surface area (Å²) in [4.78, 5) is 4.71. The molecule has 0 bridgehead atoms. The predicted octanol–water partition coefficient (Wildman–Crippen LogP) is 6.14. The Labute approximate surface area is 200 Å². The highest BCUT2D eigenvalue weighted by Crippen LogP contribution is 2.36. The number of pyridine rings is 1. The first-order valence-electron chi connectivity index (χ1n) is 11.7. The van der Waals surface area contributed by atoms with E-state index < -0.39 is 7.12 Å². The lowest BCUT2D eigenvalue weighted by atomic mass is 9.80. The Morgan fingerprint density at radius 1 is 0.676 bits per heavy atom. The molecule has 1 fully saturated rings. The van der Waals surface area contributed by atoms with Crippen LogP contribution in [0.1, 0.15) is 27.7 Å². The van der Waals surface area contributed by atoms with Gasteiger partial charge in [0.05, 0.1) is 27.9 Å². The van der Waals surface area contributed by atoms with Gasteiger partial charge in [-0.15, -0.1) is 0 Å². The van der Waals surface area contributed by atoms with Gasteiger partial charge in [0.15, 0.2) is 0 Å². The van der Waals surface area contributed by atoms with Gasteiger partial charge in [0.25, 0.3) is 0 Å². The number of hydrogen-bond acceptors (Lipinski definition) is 3. The standard InChI is InChI=1S/C29H27BN2O2/c1-28(2)29(3,4)34-30(33-28)21-15-18-25(31-19-21)20-13-16-22(17-14-20)32-26-11-7-5-9-23(26)24-10-6-8-12-27(24)32/h5-19H,1-4H3. The lowest BCUT2D eigenvalue weighted by Crippen LogP contribution is -2.41. The molecule has 1 saturated heterocycles. The summed E-state index contributed by atoms with van der Waals surface area (Å²) in [5.41, 5.74) is 5.76. The van der Waals surface area contributed by atoms with Crippen LogP contribution < -0.4 is 5.46 Å². The molecule has 0 spiro atoms. The number of hydrogen-bond donors (Lipinski definition) is 0. The van der Waals surface area contributed by atoms with Crippen molar-refractivity contribution in [3.63, 3.8) is 0 Å². The normalized spacial score (nSPS) is 17.0. The van der Waals surface area contributed by atoms with Crippen molar-refractivity contribution in [2.75, 3.05) is 0 Å². The fourth-order valence-corrected chi connectivity index (χ4v) is 4.68. The zero-order valence-corrected chi connectivity index (χ0v) is 19.9. The summed E-state index contributed by atoms with van der Waals surface area (Å²) in [5, 5.41) is 2.53. The number of aromatic nitrogens is 2. The highest BCUT2D eigenvalue weighted by molar-refractivity contribution is 6.62. The van der Waals surface area contributed by atoms with Crippen LogP contribution in [-0.4, -0.2) is 27.9 Å². The second kappa shape index (κ2) is 7.56. The number of rotatable bonds is 3. The minimum Gasteiger partial charge on any atom is -0.399 e. The zero-order valence-electron chi connectivity index (χ0n) is 19.9. The maximum Gasteiger partial charge on any atom is 0.496 e. The molecule has 168 valence electrons. The van der Waals surface area contributed by atoms with E-state index in [9.17, 15) is 0 Å². The van der Waals surface area contributed by atoms with Gasteiger partial charge in [-0.3, -0.25) is 4.98 Å². The lowest BCUT2D eigenvalue weighted by Gasteiger charge is -2.32. The van der Waals surface area contributed by atoms with Crippen molar-refractivity contribution >= 4 is 34.4 Å². The highest BCUT2D eigenvalue weighted by atomic mass is 16.7. The van der Waals surface area contributed by atoms with Gasteiger partial charge in [-0.2, -0.15) is 0 Å². The van der Waals surface area contributed by atoms with Crippen LogP contribution in [0.15, 0.2) is 91.1 Å². The molecule has 0 atom stereocenters. The van der Waals surface area contributed by atoms with Crippen molar-refractivity contribution in [3.8, 4) is 16.9 Å². The second-order valence-corrected chi connectivity index (χ2v) is 9.98. The highest BCUT2D eigenvalue weighted by Gasteiger charge is 2.51. The van der Waals surface area contributed by atoms with Gasteiger partial charge in [0.1, 0.15) is 0 Å². The molecule has 5 heteroatoms. The Bertz CT molecular complexity index is 1430. The quantitative estimate of drug-likeness (QED) is 0.312. The first-order valence-corrected chi connectivity index (χ1v) is 11.7. The molecule has 0 amide bonds. The molecule has 6 rings (SSSR count). The third-order valence-corrected chi connectivity index (χ3v) is 7.31. The molecular formula is C29H27BN2O2. The molecule has 0 radical (unpaired) electrons. The van der Waals surface area contributed by atoms with Gasteiger partial charge in [-0.05, 0) is 58.0 Å². The monoisotopic (exact) mass is 446 g/mol. The van der Waals surface area contributed by atoms with E-state index in [4.69, 9.17) is 14.3 Å². The van der Waals surface area contributed by atoms with Crippen LogP contribution in [0.2, 0.25) is 0 Å². The Balaban J connectivity index is 1.32. The van der Waals surface area contributed by atoms with Gasteiger partial charge >= 0.3 is 7.12 Å². The van der Waals surface area contributed by atoms with Crippen LogP contribution >= 0.6 is 0 Å². The van der Waals surface area contributed by atoms with E-state index in [0.29, 0.717) is 0 Å². The van der Waals surface area contributed by atoms with Crippen molar-refractivity contribution in [2.24, 2.45) is 0 Å². The number of fused-ring (bicyclic) bond motifs is 3. The Morgan fingerprint density at radius 2 is 1.24 bits per heavy atom. The molecule has 3 heterocycles. The Hall–Kier alpha value is -3.41. The Kier molecular flexibility index (Phi) is 4.70. The molecule has 34 heavy (non-hydrogen) atoms. The first kappa shape index (κ1) is 21.1. The van der Waals surface area contributed by atoms with Gasteiger partial charge in [-0.1, -0.05) is 54.6 Å². The van der Waals surface area contributed by atoms with Crippen LogP contribution in [0.3, 0.4) is 0 Å². The molecule has 0 saturated carbocycles. The van der Waals surface area contributed by atoms with Crippen LogP contribution in [0, 0.1) is 0 Å². The molecule has 1 aliphatic heterocycles. The minimum atomic E-state index is -0.399. The van der Waals surface area contributed by atoms with Crippen molar-refractivity contribution in [1.29, 1.82) is 0 Å². The second-order valence-electron chi connectivity index (χ2n) is 9.98. The molecule has 5 aromatic rings. The van der Waals surface area contributed by atoms with Gasteiger partial charge in [0.2, 0.25) is 0 Å². The average molecular weight is 446 g/mol. The van der Waals surface area contributed by atoms with Crippen molar-refractivity contribution in [1.82, 2.24) is 9.55 Å². The molecule has 1 aliphatic rings. The summed E-state index contributed by atoms with van der Waals surface area (Å²) in [6, 6.07) is 29.8. The van der Waals surface area contributed by atoms with E-state index in [1.807, 2.05) is 18.3 Å². The maximum atomic E-state index is 6.16. The van der Waals surface area contributed by atoms with Gasteiger partial charge < -0.3 is 13.9 Å². The van der Waals surface area contributed by atoms with E-state index in [-0.39, 0.29) is 11.2 Å². The first-order chi connectivity index (χ1) is 16.3. The largest absolute Gasteiger partial charge is 0.496 e. The average Bonchev–Trinajstić information content (AvgIpc) is 3.29. The SMILES string of the molecule is CC1(C)OB(c2ccc(-c3ccc(-n4c5ccccc5c5ccccc54)cc3)nc2)OC1(C)C. The van der Waals surface area contributed by atoms with E-state index >= 15 is 0 Å². The minimum absolute atomic E-state index is 0.362. The van der Waals surface area contributed by atoms with Gasteiger partial charge in [-0.25, -0.2) is 0 Å². The van der Waals surface area contributed by atoms with Gasteiger partial charge in [0, 0.05) is 33.7 Å². The number of para-hydroxylation sites is 2. The fraction of sp³-hybridized carbons (Fsp3) is 0.207. The smallest absolute Gasteiger partial charge is 0.399 e. The van der Waals surface area contributed by atoms with Crippen LogP contribution in [0.25, 0.3) is 38.8 Å². The van der Waals surface area contributed by atoms with Crippen LogP contribution in [-0.2, 0) is 9.31 Å². The van der Waals surface area contributed by atoms with Crippen molar-refractivity contribution < 1.29 is 9.31 Å². The molecule has 4 nitrogen and oxygen atoms in total. The Morgan fingerprint density at radius 3 is 1.76 bits per heavy atom. The van der Waals surface area contributed by atoms with E-state index in [1.54, 1.807) is 0 Å². The molecule has 0 N–H and O–H groups in total. The molecule has 0 unspecified atom stereocenters. The summed E-state index contributed by atoms with van der Waals surface area (Å²) >= 11 is 0. The molecule has 0 aliphatic carbocycles. The summed E-state index contributed by atoms with van der Waals surface area (Å²) in [6.07, 6.45) is 1.86. The summed E-state index contributed by atoms with van der Waals surface area (Å²) in [5.74, 6) is 0. The maximum absolute atomic E-state index is 6.16. The summed E-state index contributed by atoms with van der Waals surface area (Å²) < 4.78 is 14.6. The van der Waals surface area contributed by atoms with Crippen LogP contribution in [0.5, 0.6) is 0 Å². The van der Waals surface area contributed by atoms with Crippen LogP contribution in [0.4, 0.5) is 0 Å². The van der Waals surface area contributed by atoms with Crippen molar-refractivity contribution in [2.45, 2.75) is 38.9 Å². The van der Waals surface area contributed by atoms with E-state index in [0.717, 1.165) is 22.4 Å². The van der Waals surface area contributed by atoms with E-state index in [1.165, 1.54) is 21.8 Å². The summed E-state index contributed by atoms with van der Waals surface area (Å²) in [6.45, 7) is 8.25. The zero-order chi connectivity index (χ0) is 23.5. The topological polar surface area (TPSA) is 36.3 Å². The number of benzene rings is 3. The molecule has 2 aromatic heterocycles. The third-order valence-electron chi connectivity index (χ3n) is 7.31. The molecular weight excluding hydrogens is 419 g/mol. The summed E-state index contributed by atoms with van der Waals surface area (Å²) in [7, 11) is -0.399. The van der Waals surface area contributed by atoms with E-state index in [2.05, 4.69) is 105 Å². The van der Waals surface area contributed by atoms with Crippen molar-refractivity contribution in [3.05, 3.63) is 91.1 Å².